The van der Waals surface area contributed by atoms with Crippen molar-refractivity contribution in [3.8, 4) is 17.2 Å². The molecular weight excluding hydrogens is 379 g/mol. The van der Waals surface area contributed by atoms with Gasteiger partial charge in [-0.1, -0.05) is 35.3 Å². The maximum absolute atomic E-state index is 12.0. The minimum atomic E-state index is -0.616. The van der Waals surface area contributed by atoms with E-state index in [1.54, 1.807) is 24.4 Å². The zero-order valence-corrected chi connectivity index (χ0v) is 15.1. The molecule has 2 heterocycles. The normalized spacial score (nSPS) is 16.4. The monoisotopic (exact) mass is 390 g/mol. The van der Waals surface area contributed by atoms with Crippen LogP contribution >= 0.6 is 34.5 Å². The molecule has 0 bridgehead atoms. The van der Waals surface area contributed by atoms with E-state index < -0.39 is 5.91 Å². The number of hydrogen-bond donors (Lipinski definition) is 2. The van der Waals surface area contributed by atoms with Gasteiger partial charge in [0.1, 0.15) is 10.9 Å². The summed E-state index contributed by atoms with van der Waals surface area (Å²) in [7, 11) is 0. The molecule has 1 unspecified atom stereocenters. The van der Waals surface area contributed by atoms with Crippen LogP contribution in [0.25, 0.3) is 11.1 Å². The second-order valence-corrected chi connectivity index (χ2v) is 7.31. The molecule has 1 aliphatic heterocycles. The van der Waals surface area contributed by atoms with Crippen molar-refractivity contribution in [1.29, 1.82) is 5.26 Å². The second-order valence-electron chi connectivity index (χ2n) is 5.42. The Morgan fingerprint density at radius 1 is 1.40 bits per heavy atom. The summed E-state index contributed by atoms with van der Waals surface area (Å²) < 4.78 is 0. The Balaban J connectivity index is 2.24. The fourth-order valence-electron chi connectivity index (χ4n) is 2.71. The number of carbonyl (C=O) groups excluding carboxylic acids is 1. The molecule has 2 aromatic rings. The quantitative estimate of drug-likeness (QED) is 0.824. The van der Waals surface area contributed by atoms with Crippen molar-refractivity contribution in [2.75, 3.05) is 0 Å². The minimum absolute atomic E-state index is 0.143. The minimum Gasteiger partial charge on any atom is -0.387 e. The third kappa shape index (κ3) is 3.27. The number of hydrogen-bond acceptors (Lipinski definition) is 5. The van der Waals surface area contributed by atoms with Crippen molar-refractivity contribution in [1.82, 2.24) is 0 Å². The van der Waals surface area contributed by atoms with Crippen molar-refractivity contribution in [2.24, 2.45) is 16.5 Å². The Hall–Kier alpha value is -2.33. The Morgan fingerprint density at radius 3 is 2.76 bits per heavy atom. The molecular formula is C17H12Cl2N4OS. The van der Waals surface area contributed by atoms with Crippen LogP contribution in [0.1, 0.15) is 32.5 Å². The molecule has 0 radical (unpaired) electrons. The van der Waals surface area contributed by atoms with Gasteiger partial charge in [-0.25, -0.2) is 4.99 Å². The molecule has 1 amide bonds. The van der Waals surface area contributed by atoms with Gasteiger partial charge in [0.2, 0.25) is 0 Å². The fourth-order valence-corrected chi connectivity index (χ4v) is 4.41. The highest BCUT2D eigenvalue weighted by Crippen LogP contribution is 2.44. The summed E-state index contributed by atoms with van der Waals surface area (Å²) in [6.45, 7) is 0. The van der Waals surface area contributed by atoms with Crippen molar-refractivity contribution in [3.63, 3.8) is 0 Å². The number of thiophene rings is 1. The third-order valence-electron chi connectivity index (χ3n) is 3.80. The average Bonchev–Trinajstić information content (AvgIpc) is 2.94. The number of nitrogens with zero attached hydrogens (tertiary/aromatic N) is 2. The van der Waals surface area contributed by atoms with E-state index >= 15 is 0 Å². The summed E-state index contributed by atoms with van der Waals surface area (Å²) >= 11 is 13.4. The molecule has 8 heteroatoms. The number of amides is 1. The van der Waals surface area contributed by atoms with Crippen LogP contribution in [0.5, 0.6) is 0 Å². The predicted octanol–water partition coefficient (Wildman–Crippen LogP) is 4.05. The molecule has 25 heavy (non-hydrogen) atoms. The number of allylic oxidation sites excluding steroid dienone is 1. The van der Waals surface area contributed by atoms with E-state index in [1.807, 2.05) is 6.08 Å². The fraction of sp³-hybridized carbons (Fsp3) is 0.118. The number of nitrogens with two attached hydrogens (primary N) is 2. The molecule has 4 N–H and O–H groups in total. The highest BCUT2D eigenvalue weighted by Gasteiger charge is 2.28. The van der Waals surface area contributed by atoms with Gasteiger partial charge in [0.25, 0.3) is 5.91 Å². The topological polar surface area (TPSA) is 105 Å². The Labute approximate surface area is 158 Å². The van der Waals surface area contributed by atoms with Crippen LogP contribution in [-0.2, 0) is 0 Å². The van der Waals surface area contributed by atoms with Crippen molar-refractivity contribution in [3.05, 3.63) is 55.8 Å². The van der Waals surface area contributed by atoms with Gasteiger partial charge in [-0.15, -0.1) is 11.3 Å². The lowest BCUT2D eigenvalue weighted by Crippen LogP contribution is -2.17. The summed E-state index contributed by atoms with van der Waals surface area (Å²) in [6.07, 6.45) is 3.92. The van der Waals surface area contributed by atoms with Gasteiger partial charge in [-0.05, 0) is 12.1 Å². The molecule has 1 aromatic heterocycles. The molecule has 0 spiro atoms. The van der Waals surface area contributed by atoms with E-state index in [1.165, 1.54) is 11.3 Å². The van der Waals surface area contributed by atoms with Crippen LogP contribution in [0.3, 0.4) is 0 Å². The molecule has 1 aromatic carbocycles. The van der Waals surface area contributed by atoms with Crippen LogP contribution in [-0.4, -0.2) is 11.7 Å². The molecule has 0 aliphatic carbocycles. The first-order valence-electron chi connectivity index (χ1n) is 7.23. The number of carbonyl (C=O) groups is 1. The van der Waals surface area contributed by atoms with Gasteiger partial charge in [-0.2, -0.15) is 5.26 Å². The zero-order chi connectivity index (χ0) is 18.1. The van der Waals surface area contributed by atoms with Gasteiger partial charge in [0, 0.05) is 44.6 Å². The zero-order valence-electron chi connectivity index (χ0n) is 12.8. The molecule has 0 saturated heterocycles. The lowest BCUT2D eigenvalue weighted by Gasteiger charge is -2.14. The van der Waals surface area contributed by atoms with E-state index in [0.29, 0.717) is 43.9 Å². The first-order valence-corrected chi connectivity index (χ1v) is 8.80. The maximum atomic E-state index is 12.0. The van der Waals surface area contributed by atoms with Crippen LogP contribution in [0.4, 0.5) is 0 Å². The molecule has 0 saturated carbocycles. The second kappa shape index (κ2) is 6.89. The number of nitriles is 1. The molecule has 1 aliphatic rings. The van der Waals surface area contributed by atoms with Crippen molar-refractivity contribution < 1.29 is 4.79 Å². The highest BCUT2D eigenvalue weighted by atomic mass is 35.5. The largest absolute Gasteiger partial charge is 0.387 e. The maximum Gasteiger partial charge on any atom is 0.259 e. The molecule has 1 atom stereocenters. The molecule has 0 fully saturated rings. The Bertz CT molecular complexity index is 972. The van der Waals surface area contributed by atoms with E-state index in [-0.39, 0.29) is 10.8 Å². The van der Waals surface area contributed by atoms with Crippen LogP contribution < -0.4 is 11.5 Å². The van der Waals surface area contributed by atoms with E-state index in [0.717, 1.165) is 0 Å². The molecule has 5 nitrogen and oxygen atoms in total. The first kappa shape index (κ1) is 17.5. The lowest BCUT2D eigenvalue weighted by molar-refractivity contribution is 0.100. The van der Waals surface area contributed by atoms with Crippen molar-refractivity contribution in [2.45, 2.75) is 12.3 Å². The number of amidine groups is 1. The summed E-state index contributed by atoms with van der Waals surface area (Å²) in [4.78, 5) is 17.0. The van der Waals surface area contributed by atoms with E-state index in [2.05, 4.69) is 11.1 Å². The van der Waals surface area contributed by atoms with Crippen LogP contribution in [0.2, 0.25) is 10.0 Å². The summed E-state index contributed by atoms with van der Waals surface area (Å²) in [5.74, 6) is -0.290. The number of primary amides is 1. The number of benzene rings is 1. The summed E-state index contributed by atoms with van der Waals surface area (Å²) in [6, 6.07) is 7.08. The Morgan fingerprint density at radius 2 is 2.16 bits per heavy atom. The average molecular weight is 391 g/mol. The van der Waals surface area contributed by atoms with E-state index in [9.17, 15) is 10.1 Å². The number of rotatable bonds is 3. The van der Waals surface area contributed by atoms with Crippen molar-refractivity contribution >= 4 is 46.3 Å². The SMILES string of the molecule is N#Cc1c(C2C=CN=C(N)C2)sc(C(N)=O)c1-c1ccc(Cl)cc1Cl. The van der Waals surface area contributed by atoms with Gasteiger partial charge in [-0.3, -0.25) is 4.79 Å². The van der Waals surface area contributed by atoms with E-state index in [4.69, 9.17) is 34.7 Å². The number of halogens is 2. The lowest BCUT2D eigenvalue weighted by atomic mass is 9.93. The molecule has 3 rings (SSSR count). The van der Waals surface area contributed by atoms with Gasteiger partial charge >= 0.3 is 0 Å². The van der Waals surface area contributed by atoms with Gasteiger partial charge in [0.05, 0.1) is 11.4 Å². The number of aliphatic imine (C=N–C) groups is 1. The van der Waals surface area contributed by atoms with Gasteiger partial charge in [0.15, 0.2) is 0 Å². The standard InChI is InChI=1S/C17H12Cl2N4OS/c18-9-1-2-10(12(19)6-9)14-11(7-20)15(25-16(14)17(22)24)8-3-4-23-13(21)5-8/h1-4,6,8H,5H2,(H2,21,23)(H2,22,24). The van der Waals surface area contributed by atoms with Gasteiger partial charge < -0.3 is 11.5 Å². The first-order chi connectivity index (χ1) is 11.9. The van der Waals surface area contributed by atoms with Crippen LogP contribution in [0, 0.1) is 11.3 Å². The molecule has 126 valence electrons. The third-order valence-corrected chi connectivity index (χ3v) is 5.68. The highest BCUT2D eigenvalue weighted by molar-refractivity contribution is 7.15. The summed E-state index contributed by atoms with van der Waals surface area (Å²) in [5, 5.41) is 10.6. The smallest absolute Gasteiger partial charge is 0.259 e. The van der Waals surface area contributed by atoms with Crippen LogP contribution in [0.15, 0.2) is 35.5 Å². The predicted molar refractivity (Wildman–Crippen MR) is 101 cm³/mol. The Kier molecular flexibility index (Phi) is 4.82. The summed E-state index contributed by atoms with van der Waals surface area (Å²) in [5.41, 5.74) is 12.7.